The molecule has 0 aromatic heterocycles. The van der Waals surface area contributed by atoms with E-state index in [0.29, 0.717) is 29.4 Å². The molecular formula is C12H15ClN4O. The molecule has 6 heteroatoms. The summed E-state index contributed by atoms with van der Waals surface area (Å²) in [5.74, 6) is -0.179. The van der Waals surface area contributed by atoms with Crippen LogP contribution in [0, 0.1) is 11.3 Å². The first-order chi connectivity index (χ1) is 8.52. The van der Waals surface area contributed by atoms with Crippen LogP contribution in [-0.2, 0) is 4.79 Å². The number of carbonyl (C=O) groups excluding carboxylic acids is 1. The summed E-state index contributed by atoms with van der Waals surface area (Å²) >= 11 is 5.94. The van der Waals surface area contributed by atoms with E-state index in [1.54, 1.807) is 30.1 Å². The van der Waals surface area contributed by atoms with Crippen molar-refractivity contribution < 1.29 is 4.79 Å². The summed E-state index contributed by atoms with van der Waals surface area (Å²) in [6.45, 7) is 0.766. The van der Waals surface area contributed by atoms with Crippen molar-refractivity contribution in [3.05, 3.63) is 23.2 Å². The highest BCUT2D eigenvalue weighted by atomic mass is 35.5. The van der Waals surface area contributed by atoms with E-state index in [9.17, 15) is 4.79 Å². The van der Waals surface area contributed by atoms with Crippen molar-refractivity contribution in [3.8, 4) is 6.07 Å². The molecule has 0 aliphatic carbocycles. The Morgan fingerprint density at radius 2 is 2.33 bits per heavy atom. The van der Waals surface area contributed by atoms with Crippen LogP contribution in [0.2, 0.25) is 5.02 Å². The van der Waals surface area contributed by atoms with Crippen LogP contribution in [-0.4, -0.2) is 30.9 Å². The van der Waals surface area contributed by atoms with Crippen LogP contribution in [0.3, 0.4) is 0 Å². The lowest BCUT2D eigenvalue weighted by atomic mass is 10.3. The quantitative estimate of drug-likeness (QED) is 0.795. The SMILES string of the molecule is CN(CCC#N)CC(=O)Nc1ccc(N)cc1Cl. The maximum Gasteiger partial charge on any atom is 0.238 e. The molecule has 5 nitrogen and oxygen atoms in total. The van der Waals surface area contributed by atoms with E-state index >= 15 is 0 Å². The Bertz CT molecular complexity index is 470. The van der Waals surface area contributed by atoms with E-state index in [-0.39, 0.29) is 12.5 Å². The third-order valence-electron chi connectivity index (χ3n) is 2.29. The normalized spacial score (nSPS) is 10.1. The summed E-state index contributed by atoms with van der Waals surface area (Å²) < 4.78 is 0. The average Bonchev–Trinajstić information content (AvgIpc) is 2.30. The predicted octanol–water partition coefficient (Wildman–Crippen LogP) is 1.71. The van der Waals surface area contributed by atoms with Crippen molar-refractivity contribution in [2.24, 2.45) is 0 Å². The highest BCUT2D eigenvalue weighted by Gasteiger charge is 2.08. The van der Waals surface area contributed by atoms with Crippen LogP contribution in [0.15, 0.2) is 18.2 Å². The van der Waals surface area contributed by atoms with Crippen LogP contribution >= 0.6 is 11.6 Å². The fraction of sp³-hybridized carbons (Fsp3) is 0.333. The van der Waals surface area contributed by atoms with Crippen molar-refractivity contribution >= 4 is 28.9 Å². The molecule has 1 aromatic carbocycles. The van der Waals surface area contributed by atoms with Crippen molar-refractivity contribution in [1.82, 2.24) is 4.90 Å². The fourth-order valence-corrected chi connectivity index (χ4v) is 1.62. The molecule has 1 aromatic rings. The Labute approximate surface area is 111 Å². The summed E-state index contributed by atoms with van der Waals surface area (Å²) in [4.78, 5) is 13.5. The molecule has 0 radical (unpaired) electrons. The molecule has 0 aliphatic heterocycles. The monoisotopic (exact) mass is 266 g/mol. The van der Waals surface area contributed by atoms with Gasteiger partial charge in [0, 0.05) is 18.7 Å². The van der Waals surface area contributed by atoms with E-state index in [0.717, 1.165) is 0 Å². The Morgan fingerprint density at radius 3 is 2.94 bits per heavy atom. The predicted molar refractivity (Wildman–Crippen MR) is 72.2 cm³/mol. The van der Waals surface area contributed by atoms with Crippen LogP contribution < -0.4 is 11.1 Å². The van der Waals surface area contributed by atoms with E-state index in [4.69, 9.17) is 22.6 Å². The summed E-state index contributed by atoms with van der Waals surface area (Å²) in [7, 11) is 1.78. The van der Waals surface area contributed by atoms with E-state index < -0.39 is 0 Å². The number of likely N-dealkylation sites (N-methyl/N-ethyl adjacent to an activating group) is 1. The van der Waals surface area contributed by atoms with Gasteiger partial charge in [-0.15, -0.1) is 0 Å². The van der Waals surface area contributed by atoms with E-state index in [1.165, 1.54) is 0 Å². The van der Waals surface area contributed by atoms with Gasteiger partial charge >= 0.3 is 0 Å². The zero-order valence-corrected chi connectivity index (χ0v) is 10.9. The first-order valence-electron chi connectivity index (χ1n) is 5.43. The lowest BCUT2D eigenvalue weighted by Crippen LogP contribution is -2.30. The summed E-state index contributed by atoms with van der Waals surface area (Å²) in [5.41, 5.74) is 6.64. The molecule has 0 aliphatic rings. The fourth-order valence-electron chi connectivity index (χ4n) is 1.39. The lowest BCUT2D eigenvalue weighted by molar-refractivity contribution is -0.117. The summed E-state index contributed by atoms with van der Waals surface area (Å²) in [5, 5.41) is 11.5. The number of nitrogen functional groups attached to an aromatic ring is 1. The molecule has 0 saturated heterocycles. The second kappa shape index (κ2) is 6.84. The molecule has 0 heterocycles. The van der Waals surface area contributed by atoms with Crippen LogP contribution in [0.1, 0.15) is 6.42 Å². The highest BCUT2D eigenvalue weighted by molar-refractivity contribution is 6.34. The number of nitrogens with one attached hydrogen (secondary N) is 1. The number of benzene rings is 1. The van der Waals surface area contributed by atoms with Gasteiger partial charge in [-0.25, -0.2) is 0 Å². The van der Waals surface area contributed by atoms with Crippen LogP contribution in [0.4, 0.5) is 11.4 Å². The molecule has 18 heavy (non-hydrogen) atoms. The Morgan fingerprint density at radius 1 is 1.61 bits per heavy atom. The third kappa shape index (κ3) is 4.62. The number of halogens is 1. The van der Waals surface area contributed by atoms with Crippen LogP contribution in [0.25, 0.3) is 0 Å². The molecule has 3 N–H and O–H groups in total. The Kier molecular flexibility index (Phi) is 5.43. The summed E-state index contributed by atoms with van der Waals surface area (Å²) in [6, 6.07) is 6.93. The largest absolute Gasteiger partial charge is 0.399 e. The molecule has 0 spiro atoms. The van der Waals surface area contributed by atoms with Gasteiger partial charge in [-0.05, 0) is 25.2 Å². The first-order valence-corrected chi connectivity index (χ1v) is 5.81. The number of hydrogen-bond donors (Lipinski definition) is 2. The molecule has 0 saturated carbocycles. The number of carbonyl (C=O) groups is 1. The van der Waals surface area contributed by atoms with Gasteiger partial charge in [0.05, 0.1) is 23.3 Å². The Hall–Kier alpha value is -1.77. The molecule has 0 unspecified atom stereocenters. The van der Waals surface area contributed by atoms with Gasteiger partial charge < -0.3 is 11.1 Å². The zero-order chi connectivity index (χ0) is 13.5. The number of nitrogens with zero attached hydrogens (tertiary/aromatic N) is 2. The van der Waals surface area contributed by atoms with Crippen molar-refractivity contribution in [2.45, 2.75) is 6.42 Å². The van der Waals surface area contributed by atoms with Crippen molar-refractivity contribution in [3.63, 3.8) is 0 Å². The van der Waals surface area contributed by atoms with Crippen molar-refractivity contribution in [2.75, 3.05) is 31.2 Å². The van der Waals surface area contributed by atoms with Gasteiger partial charge in [0.15, 0.2) is 0 Å². The van der Waals surface area contributed by atoms with Gasteiger partial charge in [-0.2, -0.15) is 5.26 Å². The van der Waals surface area contributed by atoms with Crippen LogP contribution in [0.5, 0.6) is 0 Å². The van der Waals surface area contributed by atoms with Gasteiger partial charge in [-0.3, -0.25) is 9.69 Å². The smallest absolute Gasteiger partial charge is 0.238 e. The topological polar surface area (TPSA) is 82.2 Å². The van der Waals surface area contributed by atoms with Gasteiger partial charge in [-0.1, -0.05) is 11.6 Å². The second-order valence-corrected chi connectivity index (χ2v) is 4.34. The van der Waals surface area contributed by atoms with Gasteiger partial charge in [0.1, 0.15) is 0 Å². The highest BCUT2D eigenvalue weighted by Crippen LogP contribution is 2.23. The molecule has 96 valence electrons. The molecule has 1 amide bonds. The third-order valence-corrected chi connectivity index (χ3v) is 2.60. The number of anilines is 2. The second-order valence-electron chi connectivity index (χ2n) is 3.93. The minimum Gasteiger partial charge on any atom is -0.399 e. The minimum absolute atomic E-state index is 0.179. The zero-order valence-electron chi connectivity index (χ0n) is 10.1. The first kappa shape index (κ1) is 14.3. The molecule has 0 bridgehead atoms. The van der Waals surface area contributed by atoms with E-state index in [2.05, 4.69) is 5.32 Å². The molecule has 0 fully saturated rings. The minimum atomic E-state index is -0.179. The molecule has 0 atom stereocenters. The standard InChI is InChI=1S/C12H15ClN4O/c1-17(6-2-5-14)8-12(18)16-11-4-3-9(15)7-10(11)13/h3-4,7H,2,6,8,15H2,1H3,(H,16,18). The number of amides is 1. The van der Waals surface area contributed by atoms with Gasteiger partial charge in [0.25, 0.3) is 0 Å². The maximum atomic E-state index is 11.7. The Balaban J connectivity index is 2.52. The summed E-state index contributed by atoms with van der Waals surface area (Å²) in [6.07, 6.45) is 0.395. The number of hydrogen-bond acceptors (Lipinski definition) is 4. The number of rotatable bonds is 5. The number of nitriles is 1. The molecular weight excluding hydrogens is 252 g/mol. The van der Waals surface area contributed by atoms with Crippen molar-refractivity contribution in [1.29, 1.82) is 5.26 Å². The van der Waals surface area contributed by atoms with Gasteiger partial charge in [0.2, 0.25) is 5.91 Å². The maximum absolute atomic E-state index is 11.7. The number of nitrogens with two attached hydrogens (primary N) is 1. The lowest BCUT2D eigenvalue weighted by Gasteiger charge is -2.15. The van der Waals surface area contributed by atoms with E-state index in [1.807, 2.05) is 6.07 Å². The molecule has 1 rings (SSSR count). The average molecular weight is 267 g/mol.